The van der Waals surface area contributed by atoms with Gasteiger partial charge in [-0.3, -0.25) is 0 Å². The molecule has 80 valence electrons. The summed E-state index contributed by atoms with van der Waals surface area (Å²) in [7, 11) is 0. The average molecular weight is 328 g/mol. The lowest BCUT2D eigenvalue weighted by molar-refractivity contribution is 0.592. The number of rotatable bonds is 2. The molecule has 2 aromatic rings. The molecule has 0 saturated carbocycles. The highest BCUT2D eigenvalue weighted by molar-refractivity contribution is 14.1. The van der Waals surface area contributed by atoms with Crippen molar-refractivity contribution in [3.8, 4) is 21.2 Å². The van der Waals surface area contributed by atoms with Gasteiger partial charge in [-0.05, 0) is 33.4 Å². The van der Waals surface area contributed by atoms with Crippen molar-refractivity contribution in [2.45, 2.75) is 6.54 Å². The van der Waals surface area contributed by atoms with Crippen molar-refractivity contribution >= 4 is 22.6 Å². The van der Waals surface area contributed by atoms with Crippen LogP contribution in [0.15, 0.2) is 24.3 Å². The van der Waals surface area contributed by atoms with E-state index in [1.54, 1.807) is 12.1 Å². The lowest BCUT2D eigenvalue weighted by Gasteiger charge is -1.92. The second-order valence-corrected chi connectivity index (χ2v) is 3.46. The fourth-order valence-corrected chi connectivity index (χ4v) is 1.30. The van der Waals surface area contributed by atoms with Crippen LogP contribution in [0, 0.1) is 15.7 Å². The van der Waals surface area contributed by atoms with Crippen molar-refractivity contribution in [1.82, 2.24) is 20.2 Å². The van der Waals surface area contributed by atoms with Gasteiger partial charge in [-0.15, -0.1) is 10.2 Å². The summed E-state index contributed by atoms with van der Waals surface area (Å²) in [5.41, 5.74) is 0.732. The molecule has 0 aliphatic carbocycles. The second kappa shape index (κ2) is 5.03. The zero-order valence-corrected chi connectivity index (χ0v) is 10.2. The van der Waals surface area contributed by atoms with E-state index >= 15 is 0 Å². The molecule has 0 amide bonds. The third-order valence-corrected chi connectivity index (χ3v) is 2.22. The Morgan fingerprint density at radius 3 is 2.75 bits per heavy atom. The van der Waals surface area contributed by atoms with Crippen LogP contribution in [0.3, 0.4) is 0 Å². The largest absolute Gasteiger partial charge is 0.207 e. The van der Waals surface area contributed by atoms with E-state index in [-0.39, 0.29) is 5.82 Å². The quantitative estimate of drug-likeness (QED) is 0.625. The van der Waals surface area contributed by atoms with Gasteiger partial charge in [0.25, 0.3) is 0 Å². The SMILES string of the molecule is Fc1ccc(-c2nnn(CC#CI)n2)cc1. The van der Waals surface area contributed by atoms with Gasteiger partial charge in [0.15, 0.2) is 0 Å². The Bertz CT molecular complexity index is 538. The van der Waals surface area contributed by atoms with Gasteiger partial charge in [0.2, 0.25) is 5.82 Å². The third-order valence-electron chi connectivity index (χ3n) is 1.84. The smallest absolute Gasteiger partial charge is 0.204 e. The lowest BCUT2D eigenvalue weighted by Crippen LogP contribution is -2.00. The first kappa shape index (κ1) is 11.0. The molecule has 0 radical (unpaired) electrons. The van der Waals surface area contributed by atoms with Crippen LogP contribution in [0.25, 0.3) is 11.4 Å². The number of nitrogens with zero attached hydrogens (tertiary/aromatic N) is 4. The van der Waals surface area contributed by atoms with E-state index in [1.165, 1.54) is 16.9 Å². The number of hydrogen-bond acceptors (Lipinski definition) is 3. The zero-order chi connectivity index (χ0) is 11.4. The molecule has 4 nitrogen and oxygen atoms in total. The highest BCUT2D eigenvalue weighted by Gasteiger charge is 2.04. The molecule has 0 aliphatic heterocycles. The maximum atomic E-state index is 12.7. The monoisotopic (exact) mass is 328 g/mol. The summed E-state index contributed by atoms with van der Waals surface area (Å²) in [5.74, 6) is 3.00. The minimum absolute atomic E-state index is 0.285. The lowest BCUT2D eigenvalue weighted by atomic mass is 10.2. The van der Waals surface area contributed by atoms with Gasteiger partial charge in [-0.25, -0.2) is 4.39 Å². The topological polar surface area (TPSA) is 43.6 Å². The Morgan fingerprint density at radius 2 is 2.06 bits per heavy atom. The molecule has 1 aromatic heterocycles. The molecule has 2 rings (SSSR count). The molecule has 0 unspecified atom stereocenters. The second-order valence-electron chi connectivity index (χ2n) is 2.92. The van der Waals surface area contributed by atoms with Crippen molar-refractivity contribution in [2.24, 2.45) is 0 Å². The third kappa shape index (κ3) is 2.55. The van der Waals surface area contributed by atoms with Crippen molar-refractivity contribution < 1.29 is 4.39 Å². The van der Waals surface area contributed by atoms with E-state index in [1.807, 2.05) is 22.6 Å². The number of aromatic nitrogens is 4. The molecule has 1 aromatic carbocycles. The van der Waals surface area contributed by atoms with E-state index in [0.717, 1.165) is 5.56 Å². The summed E-state index contributed by atoms with van der Waals surface area (Å²) < 4.78 is 15.4. The Hall–Kier alpha value is -1.49. The van der Waals surface area contributed by atoms with E-state index in [2.05, 4.69) is 25.3 Å². The summed E-state index contributed by atoms with van der Waals surface area (Å²) in [6.45, 7) is 0.400. The Labute approximate surface area is 105 Å². The molecular weight excluding hydrogens is 322 g/mol. The molecule has 0 spiro atoms. The van der Waals surface area contributed by atoms with Gasteiger partial charge < -0.3 is 0 Å². The molecular formula is C10H6FIN4. The molecule has 0 N–H and O–H groups in total. The number of hydrogen-bond donors (Lipinski definition) is 0. The van der Waals surface area contributed by atoms with Crippen LogP contribution in [0.5, 0.6) is 0 Å². The van der Waals surface area contributed by atoms with Crippen LogP contribution < -0.4 is 0 Å². The predicted molar refractivity (Wildman–Crippen MR) is 65.0 cm³/mol. The predicted octanol–water partition coefficient (Wildman–Crippen LogP) is 1.88. The first-order valence-electron chi connectivity index (χ1n) is 4.42. The Balaban J connectivity index is 2.23. The van der Waals surface area contributed by atoms with Gasteiger partial charge in [0, 0.05) is 28.2 Å². The first-order chi connectivity index (χ1) is 7.79. The summed E-state index contributed by atoms with van der Waals surface area (Å²) in [6.07, 6.45) is 0. The van der Waals surface area contributed by atoms with Gasteiger partial charge in [-0.2, -0.15) is 4.80 Å². The number of benzene rings is 1. The summed E-state index contributed by atoms with van der Waals surface area (Å²) in [5, 5.41) is 11.8. The highest BCUT2D eigenvalue weighted by Crippen LogP contribution is 2.13. The van der Waals surface area contributed by atoms with Crippen LogP contribution in [-0.4, -0.2) is 20.2 Å². The molecule has 0 saturated heterocycles. The summed E-state index contributed by atoms with van der Waals surface area (Å²) >= 11 is 1.94. The molecule has 0 fully saturated rings. The van der Waals surface area contributed by atoms with Crippen molar-refractivity contribution in [3.63, 3.8) is 0 Å². The van der Waals surface area contributed by atoms with E-state index in [4.69, 9.17) is 0 Å². The van der Waals surface area contributed by atoms with Crippen LogP contribution in [0.1, 0.15) is 0 Å². The minimum atomic E-state index is -0.285. The molecule has 0 bridgehead atoms. The van der Waals surface area contributed by atoms with Crippen LogP contribution >= 0.6 is 22.6 Å². The van der Waals surface area contributed by atoms with Gasteiger partial charge >= 0.3 is 0 Å². The fourth-order valence-electron chi connectivity index (χ4n) is 1.13. The summed E-state index contributed by atoms with van der Waals surface area (Å²) in [4.78, 5) is 1.39. The molecule has 6 heteroatoms. The fraction of sp³-hybridized carbons (Fsp3) is 0.100. The Morgan fingerprint density at radius 1 is 1.31 bits per heavy atom. The molecule has 16 heavy (non-hydrogen) atoms. The van der Waals surface area contributed by atoms with Gasteiger partial charge in [0.05, 0.1) is 0 Å². The van der Waals surface area contributed by atoms with Crippen molar-refractivity contribution in [2.75, 3.05) is 0 Å². The summed E-state index contributed by atoms with van der Waals surface area (Å²) in [6, 6.07) is 5.95. The standard InChI is InChI=1S/C10H6FIN4/c11-9-4-2-8(3-5-9)10-13-15-16(14-10)7-1-6-12/h2-5H,7H2. The first-order valence-corrected chi connectivity index (χ1v) is 5.50. The average Bonchev–Trinajstić information content (AvgIpc) is 2.76. The van der Waals surface area contributed by atoms with Crippen LogP contribution in [0.2, 0.25) is 0 Å². The van der Waals surface area contributed by atoms with E-state index in [9.17, 15) is 4.39 Å². The van der Waals surface area contributed by atoms with Crippen molar-refractivity contribution in [3.05, 3.63) is 30.1 Å². The number of halogens is 2. The van der Waals surface area contributed by atoms with Crippen LogP contribution in [0.4, 0.5) is 4.39 Å². The highest BCUT2D eigenvalue weighted by atomic mass is 127. The normalized spacial score (nSPS) is 9.62. The molecule has 1 heterocycles. The van der Waals surface area contributed by atoms with Crippen molar-refractivity contribution in [1.29, 1.82) is 0 Å². The number of tetrazole rings is 1. The molecule has 0 atom stereocenters. The van der Waals surface area contributed by atoms with Crippen LogP contribution in [-0.2, 0) is 6.54 Å². The van der Waals surface area contributed by atoms with E-state index < -0.39 is 0 Å². The zero-order valence-electron chi connectivity index (χ0n) is 8.06. The minimum Gasteiger partial charge on any atom is -0.207 e. The molecule has 0 aliphatic rings. The van der Waals surface area contributed by atoms with Gasteiger partial charge in [-0.1, -0.05) is 5.92 Å². The maximum absolute atomic E-state index is 12.7. The van der Waals surface area contributed by atoms with E-state index in [0.29, 0.717) is 12.4 Å². The Kier molecular flexibility index (Phi) is 3.46. The van der Waals surface area contributed by atoms with Gasteiger partial charge in [0.1, 0.15) is 12.4 Å². The maximum Gasteiger partial charge on any atom is 0.204 e.